The van der Waals surface area contributed by atoms with Crippen molar-refractivity contribution in [1.82, 2.24) is 0 Å². The van der Waals surface area contributed by atoms with Crippen LogP contribution in [0.4, 0.5) is 0 Å². The molecule has 5 aromatic rings. The van der Waals surface area contributed by atoms with Crippen LogP contribution >= 0.6 is 11.8 Å². The van der Waals surface area contributed by atoms with Crippen molar-refractivity contribution in [2.75, 3.05) is 43.7 Å². The van der Waals surface area contributed by atoms with Crippen molar-refractivity contribution < 1.29 is 24.5 Å². The minimum absolute atomic E-state index is 0. The molecule has 0 bridgehead atoms. The van der Waals surface area contributed by atoms with Gasteiger partial charge in [-0.25, -0.2) is 0 Å². The number of thiol groups is 2. The second-order valence-corrected chi connectivity index (χ2v) is 17.1. The van der Waals surface area contributed by atoms with Crippen LogP contribution in [0.1, 0.15) is 45.5 Å². The predicted molar refractivity (Wildman–Crippen MR) is 228 cm³/mol. The zero-order valence-electron chi connectivity index (χ0n) is 27.3. The Bertz CT molecular complexity index is 1580. The van der Waals surface area contributed by atoms with Crippen LogP contribution in [0.25, 0.3) is 0 Å². The van der Waals surface area contributed by atoms with E-state index >= 15 is 0 Å². The molecular formula is C43H55O5S4+3. The van der Waals surface area contributed by atoms with Crippen LogP contribution in [0.5, 0.6) is 11.5 Å². The standard InChI is InChI=1S/C28H26O4S3.C12H15OS.3CH4/c29-17-19-31-21-1-5-23(6-2-21)33-25-9-13-27(14-10-25)35-28-15-11-26(12-16-28)34-24-7-3-22(4-8-24)32-20-18-30;13-12(10-14-8-4-5-9-14)11-6-2-1-3-7-11;;;/h1-16,29-30H,17-20H2;1-3,6-7H,4-5,8-10H2;3*1H4/q;+1;;;/p+2. The Morgan fingerprint density at radius 1 is 0.577 bits per heavy atom. The van der Waals surface area contributed by atoms with Gasteiger partial charge in [0.05, 0.1) is 13.2 Å². The number of aliphatic hydroxyl groups excluding tert-OH is 2. The summed E-state index contributed by atoms with van der Waals surface area (Å²) in [7, 11) is 0.393. The molecule has 5 aromatic carbocycles. The lowest BCUT2D eigenvalue weighted by molar-refractivity contribution is 0.102. The van der Waals surface area contributed by atoms with E-state index in [0.29, 0.717) is 29.9 Å². The molecule has 0 aliphatic carbocycles. The summed E-state index contributed by atoms with van der Waals surface area (Å²) in [5.41, 5.74) is 0.881. The first-order chi connectivity index (χ1) is 24.1. The minimum atomic E-state index is 0. The van der Waals surface area contributed by atoms with E-state index in [0.717, 1.165) is 46.3 Å². The van der Waals surface area contributed by atoms with Gasteiger partial charge in [-0.15, -0.1) is 0 Å². The van der Waals surface area contributed by atoms with E-state index in [-0.39, 0.29) is 35.5 Å². The van der Waals surface area contributed by atoms with Gasteiger partial charge in [-0.2, -0.15) is 0 Å². The molecule has 6 rings (SSSR count). The van der Waals surface area contributed by atoms with Gasteiger partial charge in [-0.05, 0) is 121 Å². The zero-order valence-corrected chi connectivity index (χ0v) is 30.7. The first-order valence-corrected chi connectivity index (χ1v) is 20.6. The number of benzene rings is 5. The molecule has 5 nitrogen and oxygen atoms in total. The third kappa shape index (κ3) is 15.3. The number of carbonyl (C=O) groups is 1. The van der Waals surface area contributed by atoms with Crippen molar-refractivity contribution in [3.8, 4) is 11.5 Å². The van der Waals surface area contributed by atoms with Gasteiger partial charge in [0, 0.05) is 38.9 Å². The van der Waals surface area contributed by atoms with E-state index < -0.39 is 0 Å². The van der Waals surface area contributed by atoms with Crippen LogP contribution in [0.2, 0.25) is 0 Å². The van der Waals surface area contributed by atoms with E-state index in [1.807, 2.05) is 54.6 Å². The Labute approximate surface area is 327 Å². The molecule has 0 aromatic heterocycles. The molecule has 0 radical (unpaired) electrons. The van der Waals surface area contributed by atoms with Crippen molar-refractivity contribution >= 4 is 52.0 Å². The lowest BCUT2D eigenvalue weighted by Gasteiger charge is -2.04. The number of hydrogen-bond acceptors (Lipinski definition) is 6. The fourth-order valence-electron chi connectivity index (χ4n) is 4.92. The van der Waals surface area contributed by atoms with Gasteiger partial charge in [0.15, 0.2) is 25.3 Å². The van der Waals surface area contributed by atoms with E-state index in [1.165, 1.54) is 53.7 Å². The van der Waals surface area contributed by atoms with Crippen molar-refractivity contribution in [3.63, 3.8) is 0 Å². The van der Waals surface area contributed by atoms with Gasteiger partial charge in [-0.1, -0.05) is 64.4 Å². The summed E-state index contributed by atoms with van der Waals surface area (Å²) in [5.74, 6) is 5.21. The number of ketones is 1. The summed E-state index contributed by atoms with van der Waals surface area (Å²) >= 11 is 4.05. The number of aliphatic hydroxyl groups is 2. The second-order valence-electron chi connectivity index (χ2n) is 11.1. The summed E-state index contributed by atoms with van der Waals surface area (Å²) in [5, 5.41) is 17.7. The maximum atomic E-state index is 11.8. The SMILES string of the molecule is C.C.C.O=C(C[S+]1CCCC1)c1ccccc1.OCCOc1ccc([SH+]c2ccc(Sc3ccc([SH+]c4ccc(OCCO)cc4)cc3)cc2)cc1. The summed E-state index contributed by atoms with van der Waals surface area (Å²) in [6.45, 7) is 0.668. The fourth-order valence-corrected chi connectivity index (χ4v) is 9.78. The van der Waals surface area contributed by atoms with E-state index in [1.54, 1.807) is 11.8 Å². The highest BCUT2D eigenvalue weighted by atomic mass is 32.2. The molecule has 1 heterocycles. The summed E-state index contributed by atoms with van der Waals surface area (Å²) < 4.78 is 10.8. The second kappa shape index (κ2) is 24.8. The average molecular weight is 780 g/mol. The Kier molecular flexibility index (Phi) is 21.4. The quantitative estimate of drug-likeness (QED) is 0.0627. The summed E-state index contributed by atoms with van der Waals surface area (Å²) in [6.07, 6.45) is 2.65. The van der Waals surface area contributed by atoms with Gasteiger partial charge in [0.1, 0.15) is 36.2 Å². The van der Waals surface area contributed by atoms with Crippen molar-refractivity contribution in [3.05, 3.63) is 133 Å². The number of hydrogen-bond donors (Lipinski definition) is 2. The lowest BCUT2D eigenvalue weighted by atomic mass is 10.2. The van der Waals surface area contributed by atoms with Gasteiger partial charge < -0.3 is 19.7 Å². The van der Waals surface area contributed by atoms with Crippen LogP contribution in [0.15, 0.2) is 157 Å². The first kappa shape index (κ1) is 44.8. The Hall–Kier alpha value is -3.31. The fraction of sp³-hybridized carbons (Fsp3) is 0.279. The van der Waals surface area contributed by atoms with E-state index in [4.69, 9.17) is 19.7 Å². The van der Waals surface area contributed by atoms with E-state index in [2.05, 4.69) is 72.8 Å². The van der Waals surface area contributed by atoms with Crippen LogP contribution in [0.3, 0.4) is 0 Å². The topological polar surface area (TPSA) is 76.0 Å². The third-order valence-corrected chi connectivity index (χ3v) is 13.0. The molecule has 1 fully saturated rings. The zero-order chi connectivity index (χ0) is 34.1. The maximum absolute atomic E-state index is 11.8. The van der Waals surface area contributed by atoms with Gasteiger partial charge in [-0.3, -0.25) is 4.79 Å². The van der Waals surface area contributed by atoms with Crippen molar-refractivity contribution in [2.45, 2.75) is 64.5 Å². The van der Waals surface area contributed by atoms with Crippen molar-refractivity contribution in [1.29, 1.82) is 0 Å². The Balaban J connectivity index is 0.000000465. The molecule has 0 amide bonds. The number of Topliss-reactive ketones (excluding diaryl/α,β-unsaturated/α-hetero) is 1. The number of carbonyl (C=O) groups excluding carboxylic acids is 1. The van der Waals surface area contributed by atoms with Crippen molar-refractivity contribution in [2.24, 2.45) is 0 Å². The molecule has 0 spiro atoms. The molecule has 0 saturated carbocycles. The van der Waals surface area contributed by atoms with Gasteiger partial charge in [0.2, 0.25) is 5.78 Å². The third-order valence-electron chi connectivity index (χ3n) is 7.37. The van der Waals surface area contributed by atoms with Crippen LogP contribution in [0, 0.1) is 0 Å². The largest absolute Gasteiger partial charge is 0.491 e. The molecule has 278 valence electrons. The van der Waals surface area contributed by atoms with Crippen LogP contribution < -0.4 is 9.47 Å². The highest BCUT2D eigenvalue weighted by molar-refractivity contribution is 7.99. The summed E-state index contributed by atoms with van der Waals surface area (Å²) in [6, 6.07) is 43.0. The summed E-state index contributed by atoms with van der Waals surface area (Å²) in [4.78, 5) is 19.1. The molecule has 1 aliphatic heterocycles. The number of rotatable bonds is 15. The highest BCUT2D eigenvalue weighted by Gasteiger charge is 2.27. The van der Waals surface area contributed by atoms with Gasteiger partial charge >= 0.3 is 0 Å². The maximum Gasteiger partial charge on any atom is 0.211 e. The molecular weight excluding hydrogens is 725 g/mol. The average Bonchev–Trinajstić information content (AvgIpc) is 3.66. The Morgan fingerprint density at radius 2 is 0.962 bits per heavy atom. The van der Waals surface area contributed by atoms with Gasteiger partial charge in [0.25, 0.3) is 0 Å². The monoisotopic (exact) mass is 779 g/mol. The van der Waals surface area contributed by atoms with E-state index in [9.17, 15) is 4.79 Å². The minimum Gasteiger partial charge on any atom is -0.491 e. The van der Waals surface area contributed by atoms with Crippen LogP contribution in [-0.2, 0) is 34.4 Å². The normalized spacial score (nSPS) is 11.9. The molecule has 52 heavy (non-hydrogen) atoms. The molecule has 2 N–H and O–H groups in total. The smallest absolute Gasteiger partial charge is 0.211 e. The predicted octanol–water partition coefficient (Wildman–Crippen LogP) is 9.24. The first-order valence-electron chi connectivity index (χ1n) is 16.3. The number of ether oxygens (including phenoxy) is 2. The molecule has 1 aliphatic rings. The molecule has 0 atom stereocenters. The Morgan fingerprint density at radius 3 is 1.35 bits per heavy atom. The highest BCUT2D eigenvalue weighted by Crippen LogP contribution is 2.30. The lowest BCUT2D eigenvalue weighted by Crippen LogP contribution is -2.17. The molecule has 9 heteroatoms. The van der Waals surface area contributed by atoms with Crippen LogP contribution in [-0.4, -0.2) is 59.7 Å². The molecule has 0 unspecified atom stereocenters. The molecule has 1 saturated heterocycles.